The first kappa shape index (κ1) is 16.7. The van der Waals surface area contributed by atoms with E-state index in [1.54, 1.807) is 6.07 Å². The van der Waals surface area contributed by atoms with Crippen LogP contribution in [0.1, 0.15) is 0 Å². The maximum absolute atomic E-state index is 14.9. The second kappa shape index (κ2) is 5.89. The van der Waals surface area contributed by atoms with Crippen molar-refractivity contribution in [2.24, 2.45) is 0 Å². The van der Waals surface area contributed by atoms with Gasteiger partial charge in [-0.25, -0.2) is 4.39 Å². The fourth-order valence-electron chi connectivity index (χ4n) is 4.73. The maximum atomic E-state index is 14.9. The molecule has 0 N–H and O–H groups in total. The summed E-state index contributed by atoms with van der Waals surface area (Å²) in [6.45, 7) is 0. The van der Waals surface area contributed by atoms with Gasteiger partial charge in [0.2, 0.25) is 0 Å². The quantitative estimate of drug-likeness (QED) is 0.256. The van der Waals surface area contributed by atoms with Crippen molar-refractivity contribution in [3.63, 3.8) is 0 Å². The minimum Gasteiger partial charge on any atom is -0.309 e. The van der Waals surface area contributed by atoms with Crippen LogP contribution in [0.5, 0.6) is 0 Å². The molecule has 0 spiro atoms. The van der Waals surface area contributed by atoms with Crippen molar-refractivity contribution in [2.75, 3.05) is 0 Å². The lowest BCUT2D eigenvalue weighted by atomic mass is 9.93. The van der Waals surface area contributed by atoms with E-state index >= 15 is 0 Å². The van der Waals surface area contributed by atoms with Gasteiger partial charge in [0.25, 0.3) is 0 Å². The molecule has 0 saturated heterocycles. The molecule has 1 heterocycles. The molecule has 0 fully saturated rings. The van der Waals surface area contributed by atoms with Crippen LogP contribution >= 0.6 is 7.14 Å². The average molecular weight is 394 g/mol. The third kappa shape index (κ3) is 2.13. The van der Waals surface area contributed by atoms with E-state index < -0.39 is 7.14 Å². The van der Waals surface area contributed by atoms with Crippen molar-refractivity contribution >= 4 is 44.6 Å². The number of hydrogen-bond donors (Lipinski definition) is 0. The molecular weight excluding hydrogens is 378 g/mol. The van der Waals surface area contributed by atoms with E-state index in [0.717, 1.165) is 48.6 Å². The van der Waals surface area contributed by atoms with E-state index in [4.69, 9.17) is 0 Å². The largest absolute Gasteiger partial charge is 0.309 e. The number of hydrogen-bond acceptors (Lipinski definition) is 1. The van der Waals surface area contributed by atoms with Crippen LogP contribution in [-0.2, 0) is 4.57 Å². The molecular formula is C26H16FOP. The molecule has 0 aliphatic carbocycles. The smallest absolute Gasteiger partial charge is 0.172 e. The van der Waals surface area contributed by atoms with E-state index in [9.17, 15) is 8.96 Å². The Morgan fingerprint density at radius 2 is 1.31 bits per heavy atom. The van der Waals surface area contributed by atoms with Gasteiger partial charge in [-0.05, 0) is 39.2 Å². The lowest BCUT2D eigenvalue weighted by Crippen LogP contribution is -2.21. The summed E-state index contributed by atoms with van der Waals surface area (Å²) < 4.78 is 29.1. The van der Waals surface area contributed by atoms with Gasteiger partial charge >= 0.3 is 0 Å². The maximum Gasteiger partial charge on any atom is 0.172 e. The summed E-state index contributed by atoms with van der Waals surface area (Å²) >= 11 is 0. The van der Waals surface area contributed by atoms with Gasteiger partial charge in [-0.15, -0.1) is 0 Å². The van der Waals surface area contributed by atoms with Gasteiger partial charge in [-0.1, -0.05) is 84.9 Å². The highest BCUT2D eigenvalue weighted by Gasteiger charge is 2.42. The van der Waals surface area contributed by atoms with Gasteiger partial charge in [-0.2, -0.15) is 0 Å². The molecule has 1 aliphatic rings. The van der Waals surface area contributed by atoms with Crippen LogP contribution in [0.2, 0.25) is 0 Å². The summed E-state index contributed by atoms with van der Waals surface area (Å²) in [5.74, 6) is -0.264. The number of rotatable bonds is 1. The highest BCUT2D eigenvalue weighted by Crippen LogP contribution is 2.55. The summed E-state index contributed by atoms with van der Waals surface area (Å²) in [7, 11) is -3.06. The van der Waals surface area contributed by atoms with Crippen molar-refractivity contribution in [2.45, 2.75) is 0 Å². The van der Waals surface area contributed by atoms with Gasteiger partial charge in [-0.3, -0.25) is 0 Å². The van der Waals surface area contributed by atoms with Crippen LogP contribution in [-0.4, -0.2) is 0 Å². The number of benzene rings is 5. The van der Waals surface area contributed by atoms with Crippen LogP contribution in [0.15, 0.2) is 97.1 Å². The molecule has 0 bridgehead atoms. The Balaban J connectivity index is 1.92. The van der Waals surface area contributed by atoms with Crippen molar-refractivity contribution in [3.05, 3.63) is 103 Å². The third-order valence-electron chi connectivity index (χ3n) is 5.91. The monoisotopic (exact) mass is 394 g/mol. The van der Waals surface area contributed by atoms with Crippen molar-refractivity contribution < 1.29 is 8.96 Å². The first-order chi connectivity index (χ1) is 14.2. The van der Waals surface area contributed by atoms with E-state index in [-0.39, 0.29) is 5.82 Å². The zero-order valence-corrected chi connectivity index (χ0v) is 16.4. The molecule has 0 aromatic heterocycles. The molecule has 5 aromatic carbocycles. The van der Waals surface area contributed by atoms with Crippen LogP contribution in [0.3, 0.4) is 0 Å². The molecule has 138 valence electrons. The second-order valence-electron chi connectivity index (χ2n) is 7.42. The van der Waals surface area contributed by atoms with Crippen LogP contribution < -0.4 is 15.9 Å². The highest BCUT2D eigenvalue weighted by atomic mass is 31.2. The lowest BCUT2D eigenvalue weighted by Gasteiger charge is -2.18. The van der Waals surface area contributed by atoms with Crippen molar-refractivity contribution in [3.8, 4) is 11.1 Å². The van der Waals surface area contributed by atoms with E-state index in [1.807, 2.05) is 84.9 Å². The third-order valence-corrected chi connectivity index (χ3v) is 9.10. The fraction of sp³-hybridized carbons (Fsp3) is 0. The molecule has 1 atom stereocenters. The Bertz CT molecular complexity index is 1490. The zero-order chi connectivity index (χ0) is 19.6. The van der Waals surface area contributed by atoms with Crippen LogP contribution in [0.25, 0.3) is 32.7 Å². The Labute approximate surface area is 167 Å². The zero-order valence-electron chi connectivity index (χ0n) is 15.5. The summed E-state index contributed by atoms with van der Waals surface area (Å²) in [6.07, 6.45) is 0. The normalized spacial score (nSPS) is 17.4. The molecule has 5 aromatic rings. The van der Waals surface area contributed by atoms with Gasteiger partial charge in [0.05, 0.1) is 0 Å². The standard InChI is InChI=1S/C26H16FOP/c27-17-14-15-20-23(16-17)19-10-4-5-11-21(19)26-25(20)22-12-6-7-13-24(22)29(26,28)18-8-2-1-3-9-18/h1-16H. The van der Waals surface area contributed by atoms with Gasteiger partial charge < -0.3 is 4.57 Å². The predicted octanol–water partition coefficient (Wildman–Crippen LogP) is 5.75. The highest BCUT2D eigenvalue weighted by molar-refractivity contribution is 7.87. The molecule has 1 nitrogen and oxygen atoms in total. The predicted molar refractivity (Wildman–Crippen MR) is 120 cm³/mol. The lowest BCUT2D eigenvalue weighted by molar-refractivity contribution is 0.593. The summed E-state index contributed by atoms with van der Waals surface area (Å²) in [5.41, 5.74) is 1.96. The number of halogens is 1. The van der Waals surface area contributed by atoms with Gasteiger partial charge in [0.15, 0.2) is 7.14 Å². The first-order valence-electron chi connectivity index (χ1n) is 9.60. The average Bonchev–Trinajstić information content (AvgIpc) is 3.05. The molecule has 6 rings (SSSR count). The van der Waals surface area contributed by atoms with Crippen molar-refractivity contribution in [1.82, 2.24) is 0 Å². The number of fused-ring (bicyclic) bond motifs is 8. The Hall–Kier alpha value is -3.22. The van der Waals surface area contributed by atoms with Crippen LogP contribution in [0, 0.1) is 5.82 Å². The fourth-order valence-corrected chi connectivity index (χ4v) is 8.01. The van der Waals surface area contributed by atoms with Gasteiger partial charge in [0.1, 0.15) is 5.82 Å². The minimum atomic E-state index is -3.06. The Kier molecular flexibility index (Phi) is 3.39. The molecule has 1 unspecified atom stereocenters. The molecule has 3 heteroatoms. The molecule has 1 aliphatic heterocycles. The Morgan fingerprint density at radius 3 is 2.14 bits per heavy atom. The molecule has 0 amide bonds. The summed E-state index contributed by atoms with van der Waals surface area (Å²) in [5, 5.41) is 6.24. The van der Waals surface area contributed by atoms with E-state index in [0.29, 0.717) is 0 Å². The SMILES string of the molecule is O=P1(c2ccccc2)c2ccccc2-c2c1c1ccccc1c1cc(F)ccc21. The molecule has 0 saturated carbocycles. The second-order valence-corrected chi connectivity index (χ2v) is 10.1. The van der Waals surface area contributed by atoms with Crippen molar-refractivity contribution in [1.29, 1.82) is 0 Å². The first-order valence-corrected chi connectivity index (χ1v) is 11.3. The summed E-state index contributed by atoms with van der Waals surface area (Å²) in [4.78, 5) is 0. The minimum absolute atomic E-state index is 0.264. The van der Waals surface area contributed by atoms with E-state index in [2.05, 4.69) is 0 Å². The Morgan fingerprint density at radius 1 is 0.621 bits per heavy atom. The molecule has 0 radical (unpaired) electrons. The topological polar surface area (TPSA) is 17.1 Å². The van der Waals surface area contributed by atoms with Gasteiger partial charge in [0, 0.05) is 21.5 Å². The molecule has 29 heavy (non-hydrogen) atoms. The summed E-state index contributed by atoms with van der Waals surface area (Å²) in [6, 6.07) is 30.5. The van der Waals surface area contributed by atoms with E-state index in [1.165, 1.54) is 6.07 Å². The van der Waals surface area contributed by atoms with Crippen LogP contribution in [0.4, 0.5) is 4.39 Å².